The quantitative estimate of drug-likeness (QED) is 0.567. The molecule has 3 N–H and O–H groups in total. The van der Waals surface area contributed by atoms with E-state index in [1.165, 1.54) is 12.4 Å². The second kappa shape index (κ2) is 8.56. The Kier molecular flexibility index (Phi) is 7.08. The third-order valence-corrected chi connectivity index (χ3v) is 3.26. The van der Waals surface area contributed by atoms with Crippen LogP contribution >= 0.6 is 0 Å². The lowest BCUT2D eigenvalue weighted by atomic mass is 10.1. The number of nitrogens with zero attached hydrogens (tertiary/aromatic N) is 3. The lowest BCUT2D eigenvalue weighted by Crippen LogP contribution is -2.34. The number of amides is 1. The summed E-state index contributed by atoms with van der Waals surface area (Å²) in [5.74, 6) is 6.76. The van der Waals surface area contributed by atoms with E-state index in [4.69, 9.17) is 5.84 Å². The predicted octanol–water partition coefficient (Wildman–Crippen LogP) is 2.30. The summed E-state index contributed by atoms with van der Waals surface area (Å²) in [6.45, 7) is 10.1. The Morgan fingerprint density at radius 3 is 2.10 bits per heavy atom. The molecule has 1 heterocycles. The fraction of sp³-hybridized carbons (Fsp3) is 0.667. The van der Waals surface area contributed by atoms with Crippen LogP contribution in [0.5, 0.6) is 0 Å². The fourth-order valence-corrected chi connectivity index (χ4v) is 1.82. The molecule has 0 saturated carbocycles. The molecule has 0 saturated heterocycles. The highest BCUT2D eigenvalue weighted by atomic mass is 16.2. The van der Waals surface area contributed by atoms with Crippen LogP contribution in [0.2, 0.25) is 0 Å². The van der Waals surface area contributed by atoms with Gasteiger partial charge in [0.1, 0.15) is 5.69 Å². The van der Waals surface area contributed by atoms with E-state index in [0.29, 0.717) is 23.3 Å². The van der Waals surface area contributed by atoms with Crippen molar-refractivity contribution < 1.29 is 4.79 Å². The summed E-state index contributed by atoms with van der Waals surface area (Å²) in [6.07, 6.45) is 4.91. The fourth-order valence-electron chi connectivity index (χ4n) is 1.82. The van der Waals surface area contributed by atoms with E-state index < -0.39 is 0 Å². The molecule has 1 aromatic rings. The summed E-state index contributed by atoms with van der Waals surface area (Å²) in [7, 11) is 0. The maximum absolute atomic E-state index is 12.5. The molecular weight excluding hydrogens is 266 g/mol. The molecule has 0 spiro atoms. The van der Waals surface area contributed by atoms with Crippen LogP contribution in [0.4, 0.5) is 5.82 Å². The van der Waals surface area contributed by atoms with E-state index in [2.05, 4.69) is 43.1 Å². The smallest absolute Gasteiger partial charge is 0.274 e. The minimum absolute atomic E-state index is 0.0626. The number of carbonyl (C=O) groups is 1. The summed E-state index contributed by atoms with van der Waals surface area (Å²) in [5, 5.41) is 0. The largest absolute Gasteiger partial charge is 0.337 e. The van der Waals surface area contributed by atoms with Crippen molar-refractivity contribution in [2.24, 2.45) is 17.7 Å². The molecule has 0 aliphatic carbocycles. The third kappa shape index (κ3) is 6.08. The summed E-state index contributed by atoms with van der Waals surface area (Å²) in [4.78, 5) is 22.6. The van der Waals surface area contributed by atoms with Gasteiger partial charge < -0.3 is 10.3 Å². The topological polar surface area (TPSA) is 84.1 Å². The van der Waals surface area contributed by atoms with Gasteiger partial charge in [0.05, 0.1) is 12.4 Å². The van der Waals surface area contributed by atoms with Gasteiger partial charge in [0.2, 0.25) is 0 Å². The second-order valence-corrected chi connectivity index (χ2v) is 6.09. The van der Waals surface area contributed by atoms with Crippen LogP contribution in [-0.4, -0.2) is 33.9 Å². The van der Waals surface area contributed by atoms with Crippen molar-refractivity contribution in [1.29, 1.82) is 0 Å². The first-order chi connectivity index (χ1) is 9.93. The van der Waals surface area contributed by atoms with E-state index in [1.807, 2.05) is 4.90 Å². The minimum Gasteiger partial charge on any atom is -0.337 e. The van der Waals surface area contributed by atoms with Gasteiger partial charge in [0.15, 0.2) is 5.82 Å². The van der Waals surface area contributed by atoms with Gasteiger partial charge >= 0.3 is 0 Å². The Balaban J connectivity index is 2.75. The number of carbonyl (C=O) groups excluding carboxylic acids is 1. The number of hydrazine groups is 1. The average Bonchev–Trinajstić information content (AvgIpc) is 2.46. The Bertz CT molecular complexity index is 418. The molecule has 118 valence electrons. The van der Waals surface area contributed by atoms with Crippen molar-refractivity contribution in [2.45, 2.75) is 40.5 Å². The standard InChI is InChI=1S/C15H27N5O/c1-11(2)5-7-20(8-6-12(3)4)15(21)13-9-18-14(19-16)10-17-13/h9-12H,5-8,16H2,1-4H3,(H,18,19). The predicted molar refractivity (Wildman–Crippen MR) is 84.7 cm³/mol. The van der Waals surface area contributed by atoms with Crippen molar-refractivity contribution in [3.05, 3.63) is 18.1 Å². The van der Waals surface area contributed by atoms with Gasteiger partial charge in [-0.3, -0.25) is 4.79 Å². The van der Waals surface area contributed by atoms with Crippen molar-refractivity contribution in [1.82, 2.24) is 14.9 Å². The highest BCUT2D eigenvalue weighted by molar-refractivity contribution is 5.92. The van der Waals surface area contributed by atoms with Crippen LogP contribution in [0.1, 0.15) is 51.0 Å². The molecule has 21 heavy (non-hydrogen) atoms. The zero-order valence-corrected chi connectivity index (χ0v) is 13.5. The van der Waals surface area contributed by atoms with E-state index in [1.54, 1.807) is 0 Å². The number of rotatable bonds is 8. The number of hydrogen-bond donors (Lipinski definition) is 2. The van der Waals surface area contributed by atoms with Gasteiger partial charge in [-0.15, -0.1) is 0 Å². The van der Waals surface area contributed by atoms with Crippen LogP contribution in [0.3, 0.4) is 0 Å². The van der Waals surface area contributed by atoms with E-state index in [-0.39, 0.29) is 5.91 Å². The van der Waals surface area contributed by atoms with Gasteiger partial charge in [0, 0.05) is 13.1 Å². The maximum Gasteiger partial charge on any atom is 0.274 e. The lowest BCUT2D eigenvalue weighted by molar-refractivity contribution is 0.0734. The molecule has 0 radical (unpaired) electrons. The van der Waals surface area contributed by atoms with E-state index >= 15 is 0 Å². The van der Waals surface area contributed by atoms with Crippen LogP contribution in [0.15, 0.2) is 12.4 Å². The Hall–Kier alpha value is -1.69. The molecule has 6 heteroatoms. The first-order valence-electron chi connectivity index (χ1n) is 7.52. The van der Waals surface area contributed by atoms with Gasteiger partial charge in [-0.1, -0.05) is 27.7 Å². The van der Waals surface area contributed by atoms with Gasteiger partial charge in [-0.25, -0.2) is 15.8 Å². The first kappa shape index (κ1) is 17.4. The maximum atomic E-state index is 12.5. The Morgan fingerprint density at radius 2 is 1.71 bits per heavy atom. The Labute approximate surface area is 127 Å². The normalized spacial score (nSPS) is 11.0. The number of aromatic nitrogens is 2. The SMILES string of the molecule is CC(C)CCN(CCC(C)C)C(=O)c1cnc(NN)cn1. The molecular formula is C15H27N5O. The van der Waals surface area contributed by atoms with E-state index in [9.17, 15) is 4.79 Å². The number of nitrogens with one attached hydrogen (secondary N) is 1. The number of nitrogen functional groups attached to an aromatic ring is 1. The highest BCUT2D eigenvalue weighted by Gasteiger charge is 2.18. The third-order valence-electron chi connectivity index (χ3n) is 3.26. The number of anilines is 1. The second-order valence-electron chi connectivity index (χ2n) is 6.09. The zero-order valence-electron chi connectivity index (χ0n) is 13.5. The minimum atomic E-state index is -0.0626. The zero-order chi connectivity index (χ0) is 15.8. The average molecular weight is 293 g/mol. The summed E-state index contributed by atoms with van der Waals surface area (Å²) < 4.78 is 0. The Morgan fingerprint density at radius 1 is 1.14 bits per heavy atom. The van der Waals surface area contributed by atoms with Crippen LogP contribution in [0.25, 0.3) is 0 Å². The molecule has 0 atom stereocenters. The molecule has 0 aliphatic heterocycles. The number of hydrogen-bond acceptors (Lipinski definition) is 5. The monoisotopic (exact) mass is 293 g/mol. The van der Waals surface area contributed by atoms with Gasteiger partial charge in [-0.2, -0.15) is 0 Å². The molecule has 0 aromatic carbocycles. The summed E-state index contributed by atoms with van der Waals surface area (Å²) in [6, 6.07) is 0. The van der Waals surface area contributed by atoms with E-state index in [0.717, 1.165) is 25.9 Å². The molecule has 1 aromatic heterocycles. The first-order valence-corrected chi connectivity index (χ1v) is 7.52. The molecule has 0 bridgehead atoms. The van der Waals surface area contributed by atoms with Gasteiger partial charge in [0.25, 0.3) is 5.91 Å². The van der Waals surface area contributed by atoms with Crippen molar-refractivity contribution >= 4 is 11.7 Å². The molecule has 1 amide bonds. The van der Waals surface area contributed by atoms with Crippen LogP contribution < -0.4 is 11.3 Å². The van der Waals surface area contributed by atoms with Crippen LogP contribution in [0, 0.1) is 11.8 Å². The van der Waals surface area contributed by atoms with Crippen molar-refractivity contribution in [3.8, 4) is 0 Å². The molecule has 0 unspecified atom stereocenters. The molecule has 1 rings (SSSR count). The van der Waals surface area contributed by atoms with Crippen molar-refractivity contribution in [3.63, 3.8) is 0 Å². The number of nitrogens with two attached hydrogens (primary N) is 1. The van der Waals surface area contributed by atoms with Gasteiger partial charge in [-0.05, 0) is 24.7 Å². The summed E-state index contributed by atoms with van der Waals surface area (Å²) >= 11 is 0. The molecule has 0 aliphatic rings. The molecule has 6 nitrogen and oxygen atoms in total. The van der Waals surface area contributed by atoms with Crippen molar-refractivity contribution in [2.75, 3.05) is 18.5 Å². The highest BCUT2D eigenvalue weighted by Crippen LogP contribution is 2.10. The lowest BCUT2D eigenvalue weighted by Gasteiger charge is -2.24. The van der Waals surface area contributed by atoms with Crippen LogP contribution in [-0.2, 0) is 0 Å². The molecule has 0 fully saturated rings. The summed E-state index contributed by atoms with van der Waals surface area (Å²) in [5.41, 5.74) is 2.77.